The van der Waals surface area contributed by atoms with Crippen molar-refractivity contribution in [2.45, 2.75) is 12.6 Å². The van der Waals surface area contributed by atoms with Gasteiger partial charge < -0.3 is 9.64 Å². The summed E-state index contributed by atoms with van der Waals surface area (Å²) in [7, 11) is 0. The molecule has 140 valence electrons. The monoisotopic (exact) mass is 377 g/mol. The van der Waals surface area contributed by atoms with Crippen LogP contribution in [0, 0.1) is 0 Å². The fourth-order valence-corrected chi connectivity index (χ4v) is 2.46. The normalized spacial score (nSPS) is 14.5. The van der Waals surface area contributed by atoms with Crippen molar-refractivity contribution in [1.82, 2.24) is 24.8 Å². The summed E-state index contributed by atoms with van der Waals surface area (Å²) < 4.78 is 43.1. The third kappa shape index (κ3) is 4.27. The predicted molar refractivity (Wildman–Crippen MR) is 88.5 cm³/mol. The number of aromatic nitrogens is 4. The maximum absolute atomic E-state index is 12.5. The number of halogens is 3. The van der Waals surface area contributed by atoms with Crippen molar-refractivity contribution in [3.8, 4) is 11.6 Å². The van der Waals surface area contributed by atoms with E-state index < -0.39 is 12.0 Å². The fraction of sp³-hybridized carbons (Fsp3) is 0.235. The number of ether oxygens (including phenoxy) is 1. The summed E-state index contributed by atoms with van der Waals surface area (Å²) in [6, 6.07) is 0. The average molecular weight is 377 g/mol. The topological polar surface area (TPSA) is 81.1 Å². The number of hydrogen-bond donors (Lipinski definition) is 0. The van der Waals surface area contributed by atoms with Gasteiger partial charge in [-0.3, -0.25) is 4.79 Å². The maximum atomic E-state index is 12.5. The smallest absolute Gasteiger partial charge is 0.434 e. The van der Waals surface area contributed by atoms with E-state index in [9.17, 15) is 18.0 Å². The standard InChI is InChI=1S/C17H14F3N5O2/c1-2-13(26)25-7-3-11(4-8-25)14-15(22-6-5-21-14)27-12-9-23-16(24-10-12)17(18,19)20/h2-3,5-6,9-10H,1,4,7-8H2. The zero-order valence-electron chi connectivity index (χ0n) is 14.0. The quantitative estimate of drug-likeness (QED) is 0.762. The first kappa shape index (κ1) is 18.5. The van der Waals surface area contributed by atoms with E-state index in [1.807, 2.05) is 6.08 Å². The Morgan fingerprint density at radius 2 is 1.89 bits per heavy atom. The zero-order valence-corrected chi connectivity index (χ0v) is 14.0. The Morgan fingerprint density at radius 1 is 1.19 bits per heavy atom. The number of carbonyl (C=O) groups is 1. The molecule has 0 atom stereocenters. The van der Waals surface area contributed by atoms with Crippen LogP contribution in [-0.4, -0.2) is 43.8 Å². The van der Waals surface area contributed by atoms with E-state index in [0.717, 1.165) is 18.0 Å². The van der Waals surface area contributed by atoms with E-state index in [-0.39, 0.29) is 17.5 Å². The van der Waals surface area contributed by atoms with Crippen molar-refractivity contribution < 1.29 is 22.7 Å². The van der Waals surface area contributed by atoms with Gasteiger partial charge in [-0.05, 0) is 18.1 Å². The fourth-order valence-electron chi connectivity index (χ4n) is 2.46. The lowest BCUT2D eigenvalue weighted by Gasteiger charge is -2.25. The van der Waals surface area contributed by atoms with E-state index in [0.29, 0.717) is 25.2 Å². The molecule has 1 aliphatic rings. The molecule has 0 radical (unpaired) electrons. The van der Waals surface area contributed by atoms with Gasteiger partial charge in [0.2, 0.25) is 17.6 Å². The summed E-state index contributed by atoms with van der Waals surface area (Å²) >= 11 is 0. The largest absolute Gasteiger partial charge is 0.451 e. The lowest BCUT2D eigenvalue weighted by Crippen LogP contribution is -2.33. The summed E-state index contributed by atoms with van der Waals surface area (Å²) in [5.41, 5.74) is 1.27. The first-order valence-corrected chi connectivity index (χ1v) is 7.87. The van der Waals surface area contributed by atoms with Gasteiger partial charge in [-0.1, -0.05) is 12.7 Å². The molecule has 0 bridgehead atoms. The zero-order chi connectivity index (χ0) is 19.4. The Kier molecular flexibility index (Phi) is 5.15. The number of nitrogens with zero attached hydrogens (tertiary/aromatic N) is 5. The Hall–Kier alpha value is -3.30. The number of hydrogen-bond acceptors (Lipinski definition) is 6. The van der Waals surface area contributed by atoms with Crippen molar-refractivity contribution >= 4 is 11.5 Å². The van der Waals surface area contributed by atoms with Crippen LogP contribution in [0.3, 0.4) is 0 Å². The molecular weight excluding hydrogens is 363 g/mol. The minimum Gasteiger partial charge on any atom is -0.434 e. The number of alkyl halides is 3. The van der Waals surface area contributed by atoms with Crippen LogP contribution >= 0.6 is 0 Å². The van der Waals surface area contributed by atoms with Crippen LogP contribution in [0.5, 0.6) is 11.6 Å². The van der Waals surface area contributed by atoms with Gasteiger partial charge in [0, 0.05) is 25.5 Å². The molecule has 0 spiro atoms. The van der Waals surface area contributed by atoms with Gasteiger partial charge in [-0.2, -0.15) is 13.2 Å². The van der Waals surface area contributed by atoms with E-state index >= 15 is 0 Å². The van der Waals surface area contributed by atoms with E-state index in [2.05, 4.69) is 26.5 Å². The second-order valence-electron chi connectivity index (χ2n) is 5.52. The van der Waals surface area contributed by atoms with Crippen LogP contribution in [0.4, 0.5) is 13.2 Å². The molecule has 2 aromatic rings. The van der Waals surface area contributed by atoms with Crippen LogP contribution in [-0.2, 0) is 11.0 Å². The minimum atomic E-state index is -4.63. The maximum Gasteiger partial charge on any atom is 0.451 e. The van der Waals surface area contributed by atoms with Crippen LogP contribution in [0.2, 0.25) is 0 Å². The molecule has 0 saturated heterocycles. The second-order valence-corrected chi connectivity index (χ2v) is 5.52. The van der Waals surface area contributed by atoms with Crippen molar-refractivity contribution in [3.63, 3.8) is 0 Å². The first-order chi connectivity index (χ1) is 12.9. The molecule has 1 amide bonds. The summed E-state index contributed by atoms with van der Waals surface area (Å²) in [4.78, 5) is 28.1. The summed E-state index contributed by atoms with van der Waals surface area (Å²) in [5, 5.41) is 0. The van der Waals surface area contributed by atoms with Crippen LogP contribution in [0.15, 0.2) is 43.5 Å². The Bertz CT molecular complexity index is 881. The number of amides is 1. The molecule has 0 N–H and O–H groups in total. The van der Waals surface area contributed by atoms with E-state index in [1.165, 1.54) is 18.5 Å². The SMILES string of the molecule is C=CC(=O)N1CC=C(c2nccnc2Oc2cnc(C(F)(F)F)nc2)CC1. The molecule has 3 rings (SSSR count). The van der Waals surface area contributed by atoms with Crippen LogP contribution < -0.4 is 4.74 Å². The van der Waals surface area contributed by atoms with Gasteiger partial charge in [0.15, 0.2) is 5.75 Å². The molecule has 7 nitrogen and oxygen atoms in total. The first-order valence-electron chi connectivity index (χ1n) is 7.87. The molecule has 3 heterocycles. The van der Waals surface area contributed by atoms with Gasteiger partial charge in [0.25, 0.3) is 0 Å². The highest BCUT2D eigenvalue weighted by atomic mass is 19.4. The predicted octanol–water partition coefficient (Wildman–Crippen LogP) is 2.88. The van der Waals surface area contributed by atoms with Crippen LogP contribution in [0.25, 0.3) is 5.57 Å². The molecule has 0 fully saturated rings. The Morgan fingerprint density at radius 3 is 2.48 bits per heavy atom. The van der Waals surface area contributed by atoms with Gasteiger partial charge >= 0.3 is 6.18 Å². The van der Waals surface area contributed by atoms with E-state index in [4.69, 9.17) is 4.74 Å². The molecule has 0 unspecified atom stereocenters. The van der Waals surface area contributed by atoms with Crippen molar-refractivity contribution in [2.24, 2.45) is 0 Å². The molecule has 27 heavy (non-hydrogen) atoms. The third-order valence-electron chi connectivity index (χ3n) is 3.76. The molecule has 0 aliphatic carbocycles. The number of carbonyl (C=O) groups excluding carboxylic acids is 1. The van der Waals surface area contributed by atoms with Gasteiger partial charge in [-0.15, -0.1) is 0 Å². The molecule has 10 heteroatoms. The molecule has 2 aromatic heterocycles. The molecule has 0 aromatic carbocycles. The van der Waals surface area contributed by atoms with Crippen LogP contribution in [0.1, 0.15) is 17.9 Å². The van der Waals surface area contributed by atoms with E-state index in [1.54, 1.807) is 4.90 Å². The minimum absolute atomic E-state index is 0.00428. The average Bonchev–Trinajstić information content (AvgIpc) is 2.68. The van der Waals surface area contributed by atoms with Gasteiger partial charge in [0.1, 0.15) is 5.69 Å². The molecule has 1 aliphatic heterocycles. The van der Waals surface area contributed by atoms with Crippen molar-refractivity contribution in [2.75, 3.05) is 13.1 Å². The highest BCUT2D eigenvalue weighted by Crippen LogP contribution is 2.31. The Balaban J connectivity index is 1.80. The summed E-state index contributed by atoms with van der Waals surface area (Å²) in [6.45, 7) is 4.33. The molecular formula is C17H14F3N5O2. The number of rotatable bonds is 4. The second kappa shape index (κ2) is 7.52. The van der Waals surface area contributed by atoms with Crippen molar-refractivity contribution in [1.29, 1.82) is 0 Å². The highest BCUT2D eigenvalue weighted by molar-refractivity contribution is 5.87. The molecule has 0 saturated carbocycles. The third-order valence-corrected chi connectivity index (χ3v) is 3.76. The van der Waals surface area contributed by atoms with Crippen molar-refractivity contribution in [3.05, 3.63) is 55.0 Å². The lowest BCUT2D eigenvalue weighted by atomic mass is 10.0. The summed E-state index contributed by atoms with van der Waals surface area (Å²) in [5.74, 6) is -1.29. The lowest BCUT2D eigenvalue weighted by molar-refractivity contribution is -0.145. The summed E-state index contributed by atoms with van der Waals surface area (Å²) in [6.07, 6.45) is 3.71. The van der Waals surface area contributed by atoms with Gasteiger partial charge in [-0.25, -0.2) is 19.9 Å². The van der Waals surface area contributed by atoms with Gasteiger partial charge in [0.05, 0.1) is 12.4 Å². The Labute approximate surface area is 152 Å². The highest BCUT2D eigenvalue weighted by Gasteiger charge is 2.34.